The Morgan fingerprint density at radius 2 is 1.85 bits per heavy atom. The Labute approximate surface area is 156 Å². The predicted octanol–water partition coefficient (Wildman–Crippen LogP) is 3.79. The molecule has 0 radical (unpaired) electrons. The minimum atomic E-state index is -4.63. The van der Waals surface area contributed by atoms with Crippen molar-refractivity contribution in [1.29, 1.82) is 0 Å². The molecule has 2 aromatic carbocycles. The van der Waals surface area contributed by atoms with Crippen LogP contribution in [0.5, 0.6) is 0 Å². The third-order valence-electron chi connectivity index (χ3n) is 3.92. The van der Waals surface area contributed by atoms with Crippen molar-refractivity contribution in [3.05, 3.63) is 69.1 Å². The lowest BCUT2D eigenvalue weighted by molar-refractivity contribution is -0.137. The number of nitrogens with zero attached hydrogens (tertiary/aromatic N) is 2. The number of carbonyl (C=O) groups excluding carboxylic acids is 1. The molecular weight excluding hydrogens is 383 g/mol. The first kappa shape index (κ1) is 18.9. The molecule has 3 aromatic rings. The van der Waals surface area contributed by atoms with Crippen LogP contribution in [0.2, 0.25) is 5.02 Å². The summed E-state index contributed by atoms with van der Waals surface area (Å²) in [5.41, 5.74) is -1.03. The van der Waals surface area contributed by atoms with E-state index in [2.05, 4.69) is 10.4 Å². The number of nitrogens with one attached hydrogen (secondary N) is 1. The maximum atomic E-state index is 12.9. The SMILES string of the molecule is Cn1nc(CC(=O)Nc2ccc(Cl)c(C(F)(F)F)c2)c2ccccc2c1=O. The average Bonchev–Trinajstić information content (AvgIpc) is 2.60. The van der Waals surface area contributed by atoms with Crippen LogP contribution in [0.1, 0.15) is 11.3 Å². The highest BCUT2D eigenvalue weighted by molar-refractivity contribution is 6.31. The van der Waals surface area contributed by atoms with Crippen LogP contribution < -0.4 is 10.9 Å². The molecule has 9 heteroatoms. The number of benzene rings is 2. The molecule has 0 unspecified atom stereocenters. The van der Waals surface area contributed by atoms with Crippen LogP contribution in [0, 0.1) is 0 Å². The van der Waals surface area contributed by atoms with Gasteiger partial charge in [0, 0.05) is 18.1 Å². The van der Waals surface area contributed by atoms with Crippen molar-refractivity contribution in [2.45, 2.75) is 12.6 Å². The van der Waals surface area contributed by atoms with Crippen molar-refractivity contribution < 1.29 is 18.0 Å². The fourth-order valence-corrected chi connectivity index (χ4v) is 2.91. The number of hydrogen-bond donors (Lipinski definition) is 1. The normalized spacial score (nSPS) is 11.6. The number of fused-ring (bicyclic) bond motifs is 1. The maximum Gasteiger partial charge on any atom is 0.417 e. The summed E-state index contributed by atoms with van der Waals surface area (Å²) in [5, 5.41) is 6.97. The Kier molecular flexibility index (Phi) is 4.93. The van der Waals surface area contributed by atoms with Crippen molar-refractivity contribution in [1.82, 2.24) is 9.78 Å². The van der Waals surface area contributed by atoms with Gasteiger partial charge in [-0.15, -0.1) is 0 Å². The lowest BCUT2D eigenvalue weighted by atomic mass is 10.1. The molecule has 27 heavy (non-hydrogen) atoms. The smallest absolute Gasteiger partial charge is 0.326 e. The van der Waals surface area contributed by atoms with Gasteiger partial charge >= 0.3 is 6.18 Å². The Morgan fingerprint density at radius 3 is 2.52 bits per heavy atom. The predicted molar refractivity (Wildman–Crippen MR) is 95.8 cm³/mol. The molecule has 140 valence electrons. The first-order chi connectivity index (χ1) is 12.7. The molecule has 0 aliphatic rings. The van der Waals surface area contributed by atoms with E-state index in [1.165, 1.54) is 13.1 Å². The molecule has 0 aliphatic heterocycles. The number of aryl methyl sites for hydroxylation is 1. The molecule has 0 saturated carbocycles. The van der Waals surface area contributed by atoms with Crippen LogP contribution in [0.15, 0.2) is 47.3 Å². The van der Waals surface area contributed by atoms with Crippen molar-refractivity contribution in [3.63, 3.8) is 0 Å². The molecule has 0 aliphatic carbocycles. The monoisotopic (exact) mass is 395 g/mol. The van der Waals surface area contributed by atoms with E-state index in [1.807, 2.05) is 0 Å². The highest BCUT2D eigenvalue weighted by Crippen LogP contribution is 2.36. The third kappa shape index (κ3) is 3.95. The van der Waals surface area contributed by atoms with E-state index in [0.717, 1.165) is 16.8 Å². The van der Waals surface area contributed by atoms with Gasteiger partial charge in [-0.05, 0) is 24.3 Å². The van der Waals surface area contributed by atoms with Crippen molar-refractivity contribution in [3.8, 4) is 0 Å². The molecule has 0 saturated heterocycles. The van der Waals surface area contributed by atoms with Gasteiger partial charge in [0.25, 0.3) is 5.56 Å². The van der Waals surface area contributed by atoms with Gasteiger partial charge in [-0.3, -0.25) is 9.59 Å². The van der Waals surface area contributed by atoms with Gasteiger partial charge in [-0.1, -0.05) is 29.8 Å². The Hall–Kier alpha value is -2.87. The Bertz CT molecular complexity index is 1090. The molecule has 1 N–H and O–H groups in total. The molecule has 1 amide bonds. The summed E-state index contributed by atoms with van der Waals surface area (Å²) in [4.78, 5) is 24.4. The van der Waals surface area contributed by atoms with Gasteiger partial charge < -0.3 is 5.32 Å². The summed E-state index contributed by atoms with van der Waals surface area (Å²) in [6.07, 6.45) is -4.84. The largest absolute Gasteiger partial charge is 0.417 e. The highest BCUT2D eigenvalue weighted by Gasteiger charge is 2.33. The average molecular weight is 396 g/mol. The zero-order valence-corrected chi connectivity index (χ0v) is 14.7. The lowest BCUT2D eigenvalue weighted by Crippen LogP contribution is -2.24. The van der Waals surface area contributed by atoms with E-state index in [-0.39, 0.29) is 17.7 Å². The quantitative estimate of drug-likeness (QED) is 0.734. The van der Waals surface area contributed by atoms with Crippen LogP contribution in [0.3, 0.4) is 0 Å². The van der Waals surface area contributed by atoms with E-state index >= 15 is 0 Å². The molecular formula is C18H13ClF3N3O2. The number of amides is 1. The lowest BCUT2D eigenvalue weighted by Gasteiger charge is -2.12. The number of aromatic nitrogens is 2. The summed E-state index contributed by atoms with van der Waals surface area (Å²) in [7, 11) is 1.46. The molecule has 0 atom stereocenters. The number of anilines is 1. The second-order valence-electron chi connectivity index (χ2n) is 5.84. The number of rotatable bonds is 3. The van der Waals surface area contributed by atoms with E-state index in [9.17, 15) is 22.8 Å². The second-order valence-corrected chi connectivity index (χ2v) is 6.25. The van der Waals surface area contributed by atoms with E-state index in [4.69, 9.17) is 11.6 Å². The fraction of sp³-hybridized carbons (Fsp3) is 0.167. The van der Waals surface area contributed by atoms with Crippen LogP contribution in [0.4, 0.5) is 18.9 Å². The van der Waals surface area contributed by atoms with Gasteiger partial charge in [-0.2, -0.15) is 18.3 Å². The van der Waals surface area contributed by atoms with E-state index in [1.54, 1.807) is 24.3 Å². The highest BCUT2D eigenvalue weighted by atomic mass is 35.5. The number of carbonyl (C=O) groups is 1. The first-order valence-electron chi connectivity index (χ1n) is 7.78. The van der Waals surface area contributed by atoms with Crippen LogP contribution in [-0.2, 0) is 24.4 Å². The fourth-order valence-electron chi connectivity index (χ4n) is 2.68. The van der Waals surface area contributed by atoms with Crippen molar-refractivity contribution in [2.75, 3.05) is 5.32 Å². The number of alkyl halides is 3. The third-order valence-corrected chi connectivity index (χ3v) is 4.25. The Morgan fingerprint density at radius 1 is 1.19 bits per heavy atom. The van der Waals surface area contributed by atoms with Crippen LogP contribution in [0.25, 0.3) is 10.8 Å². The van der Waals surface area contributed by atoms with Gasteiger partial charge in [-0.25, -0.2) is 4.68 Å². The zero-order chi connectivity index (χ0) is 19.8. The second kappa shape index (κ2) is 7.03. The van der Waals surface area contributed by atoms with Gasteiger partial charge in [0.2, 0.25) is 5.91 Å². The number of halogens is 4. The molecule has 1 heterocycles. The van der Waals surface area contributed by atoms with Crippen molar-refractivity contribution in [2.24, 2.45) is 7.05 Å². The van der Waals surface area contributed by atoms with Gasteiger partial charge in [0.05, 0.1) is 28.1 Å². The van der Waals surface area contributed by atoms with Crippen molar-refractivity contribution >= 4 is 34.0 Å². The molecule has 1 aromatic heterocycles. The summed E-state index contributed by atoms with van der Waals surface area (Å²) >= 11 is 5.57. The molecule has 0 bridgehead atoms. The minimum absolute atomic E-state index is 0.0362. The first-order valence-corrected chi connectivity index (χ1v) is 8.16. The topological polar surface area (TPSA) is 64.0 Å². The maximum absolute atomic E-state index is 12.9. The summed E-state index contributed by atoms with van der Waals surface area (Å²) in [6.45, 7) is 0. The summed E-state index contributed by atoms with van der Waals surface area (Å²) in [6, 6.07) is 9.81. The molecule has 0 spiro atoms. The molecule has 3 rings (SSSR count). The molecule has 0 fully saturated rings. The van der Waals surface area contributed by atoms with Gasteiger partial charge in [0.1, 0.15) is 0 Å². The standard InChI is InChI=1S/C18H13ClF3N3O2/c1-25-17(27)12-5-3-2-4-11(12)15(24-25)9-16(26)23-10-6-7-14(19)13(8-10)18(20,21)22/h2-8H,9H2,1H3,(H,23,26). The van der Waals surface area contributed by atoms with Crippen LogP contribution in [-0.4, -0.2) is 15.7 Å². The Balaban J connectivity index is 1.89. The van der Waals surface area contributed by atoms with Gasteiger partial charge in [0.15, 0.2) is 0 Å². The minimum Gasteiger partial charge on any atom is -0.326 e. The van der Waals surface area contributed by atoms with E-state index < -0.39 is 22.7 Å². The zero-order valence-electron chi connectivity index (χ0n) is 14.0. The molecule has 5 nitrogen and oxygen atoms in total. The summed E-state index contributed by atoms with van der Waals surface area (Å²) in [5.74, 6) is -0.568. The van der Waals surface area contributed by atoms with Crippen LogP contribution >= 0.6 is 11.6 Å². The number of hydrogen-bond acceptors (Lipinski definition) is 3. The van der Waals surface area contributed by atoms with E-state index in [0.29, 0.717) is 16.5 Å². The summed E-state index contributed by atoms with van der Waals surface area (Å²) < 4.78 is 39.9.